The first-order valence-corrected chi connectivity index (χ1v) is 12.6. The quantitative estimate of drug-likeness (QED) is 0.233. The fraction of sp³-hybridized carbons (Fsp3) is 0.100. The molecule has 6 rings (SSSR count). The molecule has 1 aliphatic rings. The SMILES string of the molecule is O=C(Nc1cccc([C@@H]2NC[C@@H](c3ccccc3Cl)c3c2[nH]c2ccccc32)c1)c1ccc(Cl)cc1. The molecule has 0 saturated heterocycles. The summed E-state index contributed by atoms with van der Waals surface area (Å²) in [7, 11) is 0. The minimum absolute atomic E-state index is 0.0569. The average Bonchev–Trinajstić information content (AvgIpc) is 3.29. The summed E-state index contributed by atoms with van der Waals surface area (Å²) in [6.45, 7) is 0.741. The second-order valence-corrected chi connectivity index (χ2v) is 9.84. The van der Waals surface area contributed by atoms with Crippen molar-refractivity contribution in [1.29, 1.82) is 0 Å². The fourth-order valence-electron chi connectivity index (χ4n) is 5.14. The van der Waals surface area contributed by atoms with E-state index in [1.165, 1.54) is 10.9 Å². The van der Waals surface area contributed by atoms with Crippen LogP contribution in [0.2, 0.25) is 10.0 Å². The van der Waals surface area contributed by atoms with Crippen molar-refractivity contribution in [3.63, 3.8) is 0 Å². The molecular formula is C30H23Cl2N3O. The highest BCUT2D eigenvalue weighted by Gasteiger charge is 2.33. The van der Waals surface area contributed by atoms with Crippen molar-refractivity contribution >= 4 is 45.7 Å². The number of hydrogen-bond donors (Lipinski definition) is 3. The summed E-state index contributed by atoms with van der Waals surface area (Å²) < 4.78 is 0. The molecular weight excluding hydrogens is 489 g/mol. The Kier molecular flexibility index (Phi) is 6.02. The Morgan fingerprint density at radius 1 is 0.861 bits per heavy atom. The van der Waals surface area contributed by atoms with Gasteiger partial charge in [0.15, 0.2) is 0 Å². The van der Waals surface area contributed by atoms with Gasteiger partial charge < -0.3 is 15.6 Å². The van der Waals surface area contributed by atoms with E-state index < -0.39 is 0 Å². The topological polar surface area (TPSA) is 56.9 Å². The van der Waals surface area contributed by atoms with E-state index in [1.54, 1.807) is 24.3 Å². The first-order chi connectivity index (χ1) is 17.6. The summed E-state index contributed by atoms with van der Waals surface area (Å²) in [5, 5.41) is 9.31. The van der Waals surface area contributed by atoms with E-state index in [2.05, 4.69) is 45.9 Å². The maximum Gasteiger partial charge on any atom is 0.255 e. The zero-order valence-electron chi connectivity index (χ0n) is 19.3. The molecule has 1 amide bonds. The number of halogens is 2. The van der Waals surface area contributed by atoms with Crippen LogP contribution in [0.3, 0.4) is 0 Å². The van der Waals surface area contributed by atoms with Gasteiger partial charge in [-0.05, 0) is 65.2 Å². The third-order valence-corrected chi connectivity index (χ3v) is 7.40. The monoisotopic (exact) mass is 511 g/mol. The molecule has 2 heterocycles. The Morgan fingerprint density at radius 2 is 1.64 bits per heavy atom. The Hall–Kier alpha value is -3.57. The molecule has 5 aromatic rings. The van der Waals surface area contributed by atoms with Gasteiger partial charge in [-0.25, -0.2) is 0 Å². The lowest BCUT2D eigenvalue weighted by Crippen LogP contribution is -2.34. The average molecular weight is 512 g/mol. The number of H-pyrrole nitrogens is 1. The number of nitrogens with one attached hydrogen (secondary N) is 3. The molecule has 0 radical (unpaired) electrons. The minimum atomic E-state index is -0.175. The number of aromatic amines is 1. The van der Waals surface area contributed by atoms with Gasteiger partial charge in [-0.1, -0.05) is 71.7 Å². The lowest BCUT2D eigenvalue weighted by molar-refractivity contribution is 0.102. The van der Waals surface area contributed by atoms with Crippen LogP contribution in [0.1, 0.15) is 44.7 Å². The van der Waals surface area contributed by atoms with Gasteiger partial charge in [-0.15, -0.1) is 0 Å². The van der Waals surface area contributed by atoms with Crippen LogP contribution in [0.25, 0.3) is 10.9 Å². The second kappa shape index (κ2) is 9.47. The van der Waals surface area contributed by atoms with Crippen LogP contribution >= 0.6 is 23.2 Å². The van der Waals surface area contributed by atoms with Crippen molar-refractivity contribution in [2.45, 2.75) is 12.0 Å². The normalized spacial score (nSPS) is 17.1. The molecule has 178 valence electrons. The summed E-state index contributed by atoms with van der Waals surface area (Å²) in [5.74, 6) is -0.0561. The van der Waals surface area contributed by atoms with Crippen molar-refractivity contribution < 1.29 is 4.79 Å². The van der Waals surface area contributed by atoms with Crippen molar-refractivity contribution in [2.75, 3.05) is 11.9 Å². The molecule has 36 heavy (non-hydrogen) atoms. The maximum atomic E-state index is 12.8. The highest BCUT2D eigenvalue weighted by Crippen LogP contribution is 2.43. The molecule has 1 aliphatic heterocycles. The zero-order valence-corrected chi connectivity index (χ0v) is 20.8. The smallest absolute Gasteiger partial charge is 0.255 e. The van der Waals surface area contributed by atoms with Crippen LogP contribution in [-0.4, -0.2) is 17.4 Å². The maximum absolute atomic E-state index is 12.8. The lowest BCUT2D eigenvalue weighted by atomic mass is 9.83. The van der Waals surface area contributed by atoms with Gasteiger partial charge in [0.25, 0.3) is 5.91 Å². The van der Waals surface area contributed by atoms with Crippen LogP contribution in [0, 0.1) is 0 Å². The van der Waals surface area contributed by atoms with Crippen molar-refractivity contribution in [3.05, 3.63) is 135 Å². The number of rotatable bonds is 4. The Morgan fingerprint density at radius 3 is 2.47 bits per heavy atom. The first-order valence-electron chi connectivity index (χ1n) is 11.8. The molecule has 0 spiro atoms. The van der Waals surface area contributed by atoms with E-state index in [4.69, 9.17) is 23.2 Å². The van der Waals surface area contributed by atoms with Crippen LogP contribution < -0.4 is 10.6 Å². The van der Waals surface area contributed by atoms with Gasteiger partial charge in [-0.2, -0.15) is 0 Å². The molecule has 4 nitrogen and oxygen atoms in total. The number of carbonyl (C=O) groups is 1. The van der Waals surface area contributed by atoms with Crippen LogP contribution in [0.4, 0.5) is 5.69 Å². The Labute approximate surface area is 219 Å². The third kappa shape index (κ3) is 4.18. The Bertz CT molecular complexity index is 1580. The molecule has 0 fully saturated rings. The molecule has 1 aromatic heterocycles. The van der Waals surface area contributed by atoms with Gasteiger partial charge in [0.1, 0.15) is 0 Å². The van der Waals surface area contributed by atoms with E-state index >= 15 is 0 Å². The van der Waals surface area contributed by atoms with Gasteiger partial charge in [0.05, 0.1) is 6.04 Å². The number of amides is 1. The second-order valence-electron chi connectivity index (χ2n) is 9.00. The predicted molar refractivity (Wildman–Crippen MR) is 147 cm³/mol. The number of anilines is 1. The summed E-state index contributed by atoms with van der Waals surface area (Å²) in [6, 6.07) is 31.2. The summed E-state index contributed by atoms with van der Waals surface area (Å²) in [5.41, 5.74) is 6.95. The first kappa shape index (κ1) is 22.9. The lowest BCUT2D eigenvalue weighted by Gasteiger charge is -2.32. The highest BCUT2D eigenvalue weighted by atomic mass is 35.5. The van der Waals surface area contributed by atoms with Gasteiger partial charge >= 0.3 is 0 Å². The van der Waals surface area contributed by atoms with E-state index in [0.29, 0.717) is 10.6 Å². The minimum Gasteiger partial charge on any atom is -0.357 e. The van der Waals surface area contributed by atoms with E-state index in [0.717, 1.165) is 39.6 Å². The molecule has 0 bridgehead atoms. The molecule has 0 unspecified atom stereocenters. The summed E-state index contributed by atoms with van der Waals surface area (Å²) >= 11 is 12.6. The van der Waals surface area contributed by atoms with Crippen LogP contribution in [-0.2, 0) is 0 Å². The molecule has 2 atom stereocenters. The van der Waals surface area contributed by atoms with E-state index in [9.17, 15) is 4.79 Å². The Balaban J connectivity index is 1.38. The van der Waals surface area contributed by atoms with Crippen molar-refractivity contribution in [1.82, 2.24) is 10.3 Å². The van der Waals surface area contributed by atoms with Gasteiger partial charge in [-0.3, -0.25) is 4.79 Å². The van der Waals surface area contributed by atoms with Crippen molar-refractivity contribution in [2.24, 2.45) is 0 Å². The van der Waals surface area contributed by atoms with Crippen LogP contribution in [0.15, 0.2) is 97.1 Å². The number of para-hydroxylation sites is 1. The number of aromatic nitrogens is 1. The highest BCUT2D eigenvalue weighted by molar-refractivity contribution is 6.31. The van der Waals surface area contributed by atoms with E-state index in [1.807, 2.05) is 42.5 Å². The molecule has 3 N–H and O–H groups in total. The van der Waals surface area contributed by atoms with Crippen molar-refractivity contribution in [3.8, 4) is 0 Å². The van der Waals surface area contributed by atoms with Gasteiger partial charge in [0.2, 0.25) is 0 Å². The van der Waals surface area contributed by atoms with Gasteiger partial charge in [0, 0.05) is 50.4 Å². The standard InChI is InChI=1S/C30H23Cl2N3O/c31-20-14-12-18(13-15-20)30(36)34-21-7-5-6-19(16-21)28-29-27(23-9-2-4-11-26(23)35-29)24(17-33-28)22-8-1-3-10-25(22)32/h1-16,24,28,33,35H,17H2,(H,34,36)/t24-,28-/m0/s1. The fourth-order valence-corrected chi connectivity index (χ4v) is 5.53. The number of carbonyl (C=O) groups excluding carboxylic acids is 1. The molecule has 0 aliphatic carbocycles. The summed E-state index contributed by atoms with van der Waals surface area (Å²) in [6.07, 6.45) is 0. The zero-order chi connectivity index (χ0) is 24.6. The number of benzene rings is 4. The molecule has 6 heteroatoms. The molecule has 0 saturated carbocycles. The number of hydrogen-bond acceptors (Lipinski definition) is 2. The predicted octanol–water partition coefficient (Wildman–Crippen LogP) is 7.55. The van der Waals surface area contributed by atoms with E-state index in [-0.39, 0.29) is 17.9 Å². The molecule has 4 aromatic carbocycles. The largest absolute Gasteiger partial charge is 0.357 e. The number of fused-ring (bicyclic) bond motifs is 3. The van der Waals surface area contributed by atoms with Crippen LogP contribution in [0.5, 0.6) is 0 Å². The third-order valence-electron chi connectivity index (χ3n) is 6.80. The summed E-state index contributed by atoms with van der Waals surface area (Å²) in [4.78, 5) is 16.4.